The van der Waals surface area contributed by atoms with Crippen molar-refractivity contribution in [3.63, 3.8) is 0 Å². The molecule has 1 amide bonds. The smallest absolute Gasteiger partial charge is 0.282 e. The van der Waals surface area contributed by atoms with Crippen molar-refractivity contribution in [1.29, 1.82) is 0 Å². The second kappa shape index (κ2) is 4.50. The van der Waals surface area contributed by atoms with Gasteiger partial charge in [-0.3, -0.25) is 4.79 Å². The molecule has 3 heteroatoms. The van der Waals surface area contributed by atoms with E-state index in [-0.39, 0.29) is 10.7 Å². The molecule has 0 bridgehead atoms. The second-order valence-electron chi connectivity index (χ2n) is 5.09. The summed E-state index contributed by atoms with van der Waals surface area (Å²) < 4.78 is 0. The SMILES string of the molecule is Cc1ccc(C(C)(C)C)cc1N(C)C(=O)S. The number of rotatable bonds is 1. The molecule has 16 heavy (non-hydrogen) atoms. The highest BCUT2D eigenvalue weighted by Crippen LogP contribution is 2.28. The summed E-state index contributed by atoms with van der Waals surface area (Å²) in [6, 6.07) is 6.21. The molecule has 0 saturated heterocycles. The molecular weight excluding hydrogens is 218 g/mol. The Balaban J connectivity index is 3.24. The molecule has 1 aromatic carbocycles. The average Bonchev–Trinajstić information content (AvgIpc) is 2.15. The summed E-state index contributed by atoms with van der Waals surface area (Å²) in [6.07, 6.45) is 0. The third kappa shape index (κ3) is 2.79. The molecule has 0 radical (unpaired) electrons. The lowest BCUT2D eigenvalue weighted by molar-refractivity contribution is 0.266. The van der Waals surface area contributed by atoms with E-state index in [2.05, 4.69) is 45.5 Å². The van der Waals surface area contributed by atoms with Gasteiger partial charge in [-0.2, -0.15) is 0 Å². The van der Waals surface area contributed by atoms with Gasteiger partial charge in [0.1, 0.15) is 0 Å². The Morgan fingerprint density at radius 3 is 2.31 bits per heavy atom. The molecule has 0 aliphatic heterocycles. The van der Waals surface area contributed by atoms with Gasteiger partial charge in [0.2, 0.25) is 0 Å². The molecule has 0 aromatic heterocycles. The number of thiol groups is 1. The molecule has 0 heterocycles. The topological polar surface area (TPSA) is 20.3 Å². The number of benzene rings is 1. The zero-order valence-electron chi connectivity index (χ0n) is 10.5. The van der Waals surface area contributed by atoms with E-state index in [9.17, 15) is 4.79 Å². The highest BCUT2D eigenvalue weighted by Gasteiger charge is 2.17. The van der Waals surface area contributed by atoms with Gasteiger partial charge >= 0.3 is 0 Å². The normalized spacial score (nSPS) is 11.4. The lowest BCUT2D eigenvalue weighted by Crippen LogP contribution is -2.22. The lowest BCUT2D eigenvalue weighted by Gasteiger charge is -2.23. The first kappa shape index (κ1) is 13.1. The van der Waals surface area contributed by atoms with Crippen LogP contribution in [0.3, 0.4) is 0 Å². The molecule has 0 aliphatic rings. The van der Waals surface area contributed by atoms with Gasteiger partial charge in [0.25, 0.3) is 5.24 Å². The van der Waals surface area contributed by atoms with Gasteiger partial charge in [-0.15, -0.1) is 0 Å². The van der Waals surface area contributed by atoms with Crippen molar-refractivity contribution in [2.24, 2.45) is 0 Å². The molecule has 0 aliphatic carbocycles. The van der Waals surface area contributed by atoms with Crippen LogP contribution in [0.15, 0.2) is 18.2 Å². The fourth-order valence-corrected chi connectivity index (χ4v) is 1.65. The minimum Gasteiger partial charge on any atom is -0.306 e. The third-order valence-electron chi connectivity index (χ3n) is 2.72. The van der Waals surface area contributed by atoms with Crippen LogP contribution >= 0.6 is 12.6 Å². The van der Waals surface area contributed by atoms with E-state index in [0.29, 0.717) is 0 Å². The molecule has 0 saturated carbocycles. The second-order valence-corrected chi connectivity index (χ2v) is 5.48. The van der Waals surface area contributed by atoms with Crippen LogP contribution < -0.4 is 4.90 Å². The highest BCUT2D eigenvalue weighted by atomic mass is 32.1. The van der Waals surface area contributed by atoms with Crippen molar-refractivity contribution in [1.82, 2.24) is 0 Å². The largest absolute Gasteiger partial charge is 0.306 e. The monoisotopic (exact) mass is 237 g/mol. The van der Waals surface area contributed by atoms with Gasteiger partial charge < -0.3 is 4.90 Å². The van der Waals surface area contributed by atoms with Gasteiger partial charge in [-0.05, 0) is 29.5 Å². The van der Waals surface area contributed by atoms with E-state index < -0.39 is 0 Å². The first-order valence-electron chi connectivity index (χ1n) is 5.31. The molecule has 2 nitrogen and oxygen atoms in total. The van der Waals surface area contributed by atoms with Gasteiger partial charge in [0, 0.05) is 12.7 Å². The van der Waals surface area contributed by atoms with Crippen LogP contribution in [0.25, 0.3) is 0 Å². The molecule has 88 valence electrons. The van der Waals surface area contributed by atoms with Crippen molar-refractivity contribution in [3.8, 4) is 0 Å². The average molecular weight is 237 g/mol. The number of carbonyl (C=O) groups excluding carboxylic acids is 1. The predicted octanol–water partition coefficient (Wildman–Crippen LogP) is 3.78. The summed E-state index contributed by atoms with van der Waals surface area (Å²) in [5.74, 6) is 0. The maximum atomic E-state index is 11.2. The van der Waals surface area contributed by atoms with Crippen LogP contribution in [-0.4, -0.2) is 12.3 Å². The molecule has 0 spiro atoms. The Hall–Kier alpha value is -0.960. The number of aryl methyl sites for hydroxylation is 1. The number of nitrogens with zero attached hydrogens (tertiary/aromatic N) is 1. The van der Waals surface area contributed by atoms with E-state index in [1.165, 1.54) is 5.56 Å². The number of carbonyl (C=O) groups is 1. The van der Waals surface area contributed by atoms with Crippen LogP contribution in [0, 0.1) is 6.92 Å². The zero-order chi connectivity index (χ0) is 12.5. The molecule has 0 fully saturated rings. The summed E-state index contributed by atoms with van der Waals surface area (Å²) >= 11 is 3.85. The van der Waals surface area contributed by atoms with Crippen molar-refractivity contribution < 1.29 is 4.79 Å². The fraction of sp³-hybridized carbons (Fsp3) is 0.462. The Morgan fingerprint density at radius 2 is 1.88 bits per heavy atom. The number of anilines is 1. The van der Waals surface area contributed by atoms with Crippen molar-refractivity contribution in [2.45, 2.75) is 33.1 Å². The van der Waals surface area contributed by atoms with E-state index in [0.717, 1.165) is 11.3 Å². The quantitative estimate of drug-likeness (QED) is 0.737. The summed E-state index contributed by atoms with van der Waals surface area (Å²) in [6.45, 7) is 8.47. The Labute approximate surface area is 103 Å². The maximum absolute atomic E-state index is 11.2. The van der Waals surface area contributed by atoms with E-state index in [1.807, 2.05) is 13.0 Å². The number of amides is 1. The number of hydrogen-bond donors (Lipinski definition) is 1. The highest BCUT2D eigenvalue weighted by molar-refractivity contribution is 7.96. The van der Waals surface area contributed by atoms with E-state index >= 15 is 0 Å². The van der Waals surface area contributed by atoms with Crippen LogP contribution in [0.2, 0.25) is 0 Å². The number of hydrogen-bond acceptors (Lipinski definition) is 1. The minimum absolute atomic E-state index is 0.0862. The van der Waals surface area contributed by atoms with Crippen LogP contribution in [0.5, 0.6) is 0 Å². The van der Waals surface area contributed by atoms with Gasteiger partial charge in [0.15, 0.2) is 0 Å². The Kier molecular flexibility index (Phi) is 3.68. The standard InChI is InChI=1S/C13H19NOS/c1-9-6-7-10(13(2,3)4)8-11(9)14(5)12(15)16/h6-8H,1-5H3,(H,15,16). The fourth-order valence-electron chi connectivity index (χ4n) is 1.54. The molecule has 1 rings (SSSR count). The molecule has 0 unspecified atom stereocenters. The van der Waals surface area contributed by atoms with Crippen molar-refractivity contribution in [3.05, 3.63) is 29.3 Å². The van der Waals surface area contributed by atoms with E-state index in [4.69, 9.17) is 0 Å². The van der Waals surface area contributed by atoms with Crippen molar-refractivity contribution in [2.75, 3.05) is 11.9 Å². The third-order valence-corrected chi connectivity index (χ3v) is 3.02. The molecule has 1 aromatic rings. The van der Waals surface area contributed by atoms with Gasteiger partial charge in [0.05, 0.1) is 0 Å². The minimum atomic E-state index is -0.242. The van der Waals surface area contributed by atoms with Crippen molar-refractivity contribution >= 4 is 23.6 Å². The maximum Gasteiger partial charge on any atom is 0.282 e. The lowest BCUT2D eigenvalue weighted by atomic mass is 9.86. The molecule has 0 N–H and O–H groups in total. The first-order valence-corrected chi connectivity index (χ1v) is 5.76. The zero-order valence-corrected chi connectivity index (χ0v) is 11.4. The Morgan fingerprint density at radius 1 is 1.31 bits per heavy atom. The van der Waals surface area contributed by atoms with Crippen LogP contribution in [-0.2, 0) is 5.41 Å². The Bertz CT molecular complexity index is 407. The summed E-state index contributed by atoms with van der Waals surface area (Å²) in [7, 11) is 1.74. The van der Waals surface area contributed by atoms with E-state index in [1.54, 1.807) is 11.9 Å². The summed E-state index contributed by atoms with van der Waals surface area (Å²) in [5, 5.41) is -0.242. The van der Waals surface area contributed by atoms with Crippen LogP contribution in [0.1, 0.15) is 31.9 Å². The summed E-state index contributed by atoms with van der Waals surface area (Å²) in [5.41, 5.74) is 3.31. The molecule has 0 atom stereocenters. The first-order chi connectivity index (χ1) is 7.23. The van der Waals surface area contributed by atoms with Crippen LogP contribution in [0.4, 0.5) is 10.5 Å². The molecular formula is C13H19NOS. The van der Waals surface area contributed by atoms with Gasteiger partial charge in [-0.25, -0.2) is 0 Å². The van der Waals surface area contributed by atoms with Gasteiger partial charge in [-0.1, -0.05) is 45.5 Å². The summed E-state index contributed by atoms with van der Waals surface area (Å²) in [4.78, 5) is 12.8. The predicted molar refractivity (Wildman–Crippen MR) is 72.7 cm³/mol.